The standard InChI is InChI=1S/C11H23NO3.C2H6/c1-5-8-14-9-6-7-12-10(13)15-11(2,3)4;1-2/h5-9H2,1-4H3,(H,12,13);1-2H3. The van der Waals surface area contributed by atoms with Crippen molar-refractivity contribution < 1.29 is 14.3 Å². The van der Waals surface area contributed by atoms with E-state index in [1.807, 2.05) is 34.6 Å². The monoisotopic (exact) mass is 247 g/mol. The number of ether oxygens (including phenoxy) is 2. The molecule has 0 radical (unpaired) electrons. The Kier molecular flexibility index (Phi) is 12.8. The van der Waals surface area contributed by atoms with Crippen molar-refractivity contribution in [1.29, 1.82) is 0 Å². The fraction of sp³-hybridized carbons (Fsp3) is 0.923. The van der Waals surface area contributed by atoms with Crippen LogP contribution in [-0.4, -0.2) is 31.5 Å². The summed E-state index contributed by atoms with van der Waals surface area (Å²) >= 11 is 0. The molecule has 17 heavy (non-hydrogen) atoms. The van der Waals surface area contributed by atoms with Gasteiger partial charge in [0.2, 0.25) is 0 Å². The third-order valence-corrected chi connectivity index (χ3v) is 1.48. The number of nitrogens with one attached hydrogen (secondary N) is 1. The molecule has 0 saturated carbocycles. The van der Waals surface area contributed by atoms with E-state index in [0.717, 1.165) is 19.4 Å². The van der Waals surface area contributed by atoms with Gasteiger partial charge >= 0.3 is 6.09 Å². The van der Waals surface area contributed by atoms with E-state index in [2.05, 4.69) is 12.2 Å². The highest BCUT2D eigenvalue weighted by molar-refractivity contribution is 5.67. The molecule has 0 aromatic heterocycles. The average molecular weight is 247 g/mol. The average Bonchev–Trinajstić information content (AvgIpc) is 2.23. The lowest BCUT2D eigenvalue weighted by Gasteiger charge is -2.19. The molecule has 0 fully saturated rings. The Morgan fingerprint density at radius 3 is 2.24 bits per heavy atom. The number of carbonyl (C=O) groups is 1. The molecular formula is C13H29NO3. The van der Waals surface area contributed by atoms with Gasteiger partial charge in [-0.2, -0.15) is 0 Å². The summed E-state index contributed by atoms with van der Waals surface area (Å²) in [5, 5.41) is 2.67. The highest BCUT2D eigenvalue weighted by Gasteiger charge is 2.15. The maximum absolute atomic E-state index is 11.2. The first kappa shape index (κ1) is 18.6. The first-order valence-electron chi connectivity index (χ1n) is 6.50. The molecular weight excluding hydrogens is 218 g/mol. The van der Waals surface area contributed by atoms with Gasteiger partial charge in [0.05, 0.1) is 0 Å². The third-order valence-electron chi connectivity index (χ3n) is 1.48. The summed E-state index contributed by atoms with van der Waals surface area (Å²) in [6.45, 7) is 13.7. The van der Waals surface area contributed by atoms with Crippen LogP contribution in [0.25, 0.3) is 0 Å². The van der Waals surface area contributed by atoms with Crippen LogP contribution in [-0.2, 0) is 9.47 Å². The van der Waals surface area contributed by atoms with Crippen molar-refractivity contribution in [2.24, 2.45) is 0 Å². The minimum Gasteiger partial charge on any atom is -0.444 e. The highest BCUT2D eigenvalue weighted by atomic mass is 16.6. The third kappa shape index (κ3) is 17.8. The summed E-state index contributed by atoms with van der Waals surface area (Å²) in [5.41, 5.74) is -0.428. The van der Waals surface area contributed by atoms with Crippen molar-refractivity contribution in [3.63, 3.8) is 0 Å². The van der Waals surface area contributed by atoms with Crippen LogP contribution in [0, 0.1) is 0 Å². The molecule has 0 aliphatic rings. The lowest BCUT2D eigenvalue weighted by molar-refractivity contribution is 0.0520. The molecule has 0 bridgehead atoms. The zero-order valence-corrected chi connectivity index (χ0v) is 12.3. The van der Waals surface area contributed by atoms with Gasteiger partial charge in [0, 0.05) is 19.8 Å². The van der Waals surface area contributed by atoms with Gasteiger partial charge in [-0.3, -0.25) is 0 Å². The molecule has 0 aromatic rings. The van der Waals surface area contributed by atoms with E-state index in [1.165, 1.54) is 0 Å². The van der Waals surface area contributed by atoms with E-state index in [1.54, 1.807) is 0 Å². The van der Waals surface area contributed by atoms with Gasteiger partial charge in [-0.1, -0.05) is 20.8 Å². The van der Waals surface area contributed by atoms with Crippen LogP contribution in [0.5, 0.6) is 0 Å². The molecule has 0 rings (SSSR count). The van der Waals surface area contributed by atoms with Crippen LogP contribution < -0.4 is 5.32 Å². The predicted octanol–water partition coefficient (Wildman–Crippen LogP) is 3.35. The minimum absolute atomic E-state index is 0.363. The Bertz CT molecular complexity index is 176. The van der Waals surface area contributed by atoms with Crippen molar-refractivity contribution in [3.8, 4) is 0 Å². The van der Waals surface area contributed by atoms with Gasteiger partial charge < -0.3 is 14.8 Å². The molecule has 1 N–H and O–H groups in total. The first-order chi connectivity index (χ1) is 7.95. The molecule has 4 nitrogen and oxygen atoms in total. The molecule has 0 saturated heterocycles. The van der Waals surface area contributed by atoms with Crippen molar-refractivity contribution in [2.75, 3.05) is 19.8 Å². The van der Waals surface area contributed by atoms with E-state index in [4.69, 9.17) is 9.47 Å². The van der Waals surface area contributed by atoms with E-state index >= 15 is 0 Å². The van der Waals surface area contributed by atoms with Gasteiger partial charge in [0.25, 0.3) is 0 Å². The molecule has 0 aliphatic carbocycles. The zero-order valence-electron chi connectivity index (χ0n) is 12.3. The van der Waals surface area contributed by atoms with E-state index in [-0.39, 0.29) is 6.09 Å². The lowest BCUT2D eigenvalue weighted by atomic mass is 10.2. The topological polar surface area (TPSA) is 47.6 Å². The quantitative estimate of drug-likeness (QED) is 0.732. The lowest BCUT2D eigenvalue weighted by Crippen LogP contribution is -2.33. The van der Waals surface area contributed by atoms with Gasteiger partial charge in [-0.15, -0.1) is 0 Å². The number of hydrogen-bond donors (Lipinski definition) is 1. The van der Waals surface area contributed by atoms with Gasteiger partial charge in [-0.05, 0) is 33.6 Å². The van der Waals surface area contributed by atoms with Crippen LogP contribution in [0.4, 0.5) is 4.79 Å². The van der Waals surface area contributed by atoms with E-state index in [0.29, 0.717) is 13.2 Å². The summed E-state index contributed by atoms with van der Waals surface area (Å²) < 4.78 is 10.3. The largest absolute Gasteiger partial charge is 0.444 e. The van der Waals surface area contributed by atoms with Crippen LogP contribution in [0.1, 0.15) is 54.4 Å². The second-order valence-electron chi connectivity index (χ2n) is 4.39. The number of rotatable bonds is 6. The molecule has 0 heterocycles. The molecule has 0 unspecified atom stereocenters. The second kappa shape index (κ2) is 11.7. The zero-order chi connectivity index (χ0) is 13.7. The van der Waals surface area contributed by atoms with Crippen molar-refractivity contribution in [3.05, 3.63) is 0 Å². The molecule has 1 amide bonds. The Hall–Kier alpha value is -0.770. The predicted molar refractivity (Wildman–Crippen MR) is 71.3 cm³/mol. The Balaban J connectivity index is 0. The molecule has 0 atom stereocenters. The summed E-state index contributed by atoms with van der Waals surface area (Å²) in [5.74, 6) is 0. The highest BCUT2D eigenvalue weighted by Crippen LogP contribution is 2.06. The number of amides is 1. The molecule has 104 valence electrons. The van der Waals surface area contributed by atoms with Crippen LogP contribution in [0.2, 0.25) is 0 Å². The van der Waals surface area contributed by atoms with Crippen LogP contribution in [0.15, 0.2) is 0 Å². The van der Waals surface area contributed by atoms with Crippen LogP contribution >= 0.6 is 0 Å². The molecule has 0 aromatic carbocycles. The minimum atomic E-state index is -0.428. The van der Waals surface area contributed by atoms with Crippen LogP contribution in [0.3, 0.4) is 0 Å². The maximum atomic E-state index is 11.2. The first-order valence-corrected chi connectivity index (χ1v) is 6.50. The molecule has 4 heteroatoms. The molecule has 0 spiro atoms. The SMILES string of the molecule is CC.CCCOCCCNC(=O)OC(C)(C)C. The summed E-state index contributed by atoms with van der Waals surface area (Å²) in [6.07, 6.45) is 1.48. The molecule has 0 aliphatic heterocycles. The summed E-state index contributed by atoms with van der Waals surface area (Å²) in [7, 11) is 0. The fourth-order valence-electron chi connectivity index (χ4n) is 0.925. The normalized spacial score (nSPS) is 10.2. The summed E-state index contributed by atoms with van der Waals surface area (Å²) in [6, 6.07) is 0. The number of carbonyl (C=O) groups excluding carboxylic acids is 1. The smallest absolute Gasteiger partial charge is 0.407 e. The van der Waals surface area contributed by atoms with Crippen molar-refractivity contribution in [1.82, 2.24) is 5.32 Å². The number of alkyl carbamates (subject to hydrolysis) is 1. The Morgan fingerprint density at radius 1 is 1.18 bits per heavy atom. The second-order valence-corrected chi connectivity index (χ2v) is 4.39. The van der Waals surface area contributed by atoms with Gasteiger partial charge in [0.15, 0.2) is 0 Å². The van der Waals surface area contributed by atoms with E-state index in [9.17, 15) is 4.79 Å². The maximum Gasteiger partial charge on any atom is 0.407 e. The van der Waals surface area contributed by atoms with Gasteiger partial charge in [0.1, 0.15) is 5.60 Å². The summed E-state index contributed by atoms with van der Waals surface area (Å²) in [4.78, 5) is 11.2. The fourth-order valence-corrected chi connectivity index (χ4v) is 0.925. The Morgan fingerprint density at radius 2 is 1.76 bits per heavy atom. The number of hydrogen-bond acceptors (Lipinski definition) is 3. The Labute approximate surface area is 106 Å². The van der Waals surface area contributed by atoms with Crippen molar-refractivity contribution >= 4 is 6.09 Å². The van der Waals surface area contributed by atoms with E-state index < -0.39 is 5.60 Å². The van der Waals surface area contributed by atoms with Gasteiger partial charge in [-0.25, -0.2) is 4.79 Å². The van der Waals surface area contributed by atoms with Crippen molar-refractivity contribution in [2.45, 2.75) is 60.0 Å².